The Kier molecular flexibility index (Phi) is 4.34. The molecule has 1 aromatic heterocycles. The normalized spacial score (nSPS) is 21.8. The summed E-state index contributed by atoms with van der Waals surface area (Å²) in [5.74, 6) is 0.725. The predicted octanol–water partition coefficient (Wildman–Crippen LogP) is 1.33. The van der Waals surface area contributed by atoms with E-state index < -0.39 is 0 Å². The number of likely N-dealkylation sites (N-methyl/N-ethyl adjacent to an activating group) is 1. The van der Waals surface area contributed by atoms with E-state index in [2.05, 4.69) is 9.97 Å². The zero-order valence-corrected chi connectivity index (χ0v) is 12.5. The number of carbonyl (C=O) groups excluding carboxylic acids is 1. The third kappa shape index (κ3) is 3.32. The first kappa shape index (κ1) is 14.3. The van der Waals surface area contributed by atoms with Gasteiger partial charge in [-0.2, -0.15) is 0 Å². The highest BCUT2D eigenvalue weighted by atomic mass is 16.5. The standard InChI is InChI=1S/C15H22N4O2/c1-18(11-12-5-4-8-21-12)14-10-16-9-13(17-14)15(20)19-6-2-3-7-19/h9-10,12H,2-8,11H2,1H3/t12-/m1/s1. The first-order chi connectivity index (χ1) is 10.2. The number of ether oxygens (including phenoxy) is 1. The molecule has 0 saturated carbocycles. The molecule has 0 spiro atoms. The van der Waals surface area contributed by atoms with Gasteiger partial charge >= 0.3 is 0 Å². The van der Waals surface area contributed by atoms with Crippen LogP contribution in [-0.4, -0.2) is 60.2 Å². The monoisotopic (exact) mass is 290 g/mol. The molecule has 6 heteroatoms. The van der Waals surface area contributed by atoms with Crippen LogP contribution in [0.15, 0.2) is 12.4 Å². The smallest absolute Gasteiger partial charge is 0.274 e. The molecule has 0 bridgehead atoms. The molecule has 2 saturated heterocycles. The van der Waals surface area contributed by atoms with E-state index in [-0.39, 0.29) is 12.0 Å². The first-order valence-electron chi connectivity index (χ1n) is 7.68. The van der Waals surface area contributed by atoms with Crippen LogP contribution in [-0.2, 0) is 4.74 Å². The molecular weight excluding hydrogens is 268 g/mol. The molecule has 0 aliphatic carbocycles. The van der Waals surface area contributed by atoms with Crippen molar-refractivity contribution in [2.24, 2.45) is 0 Å². The van der Waals surface area contributed by atoms with Gasteiger partial charge in [-0.3, -0.25) is 9.78 Å². The van der Waals surface area contributed by atoms with E-state index in [0.29, 0.717) is 5.69 Å². The Morgan fingerprint density at radius 2 is 2.19 bits per heavy atom. The van der Waals surface area contributed by atoms with Crippen molar-refractivity contribution < 1.29 is 9.53 Å². The van der Waals surface area contributed by atoms with Gasteiger partial charge in [-0.05, 0) is 25.7 Å². The molecule has 2 aliphatic heterocycles. The van der Waals surface area contributed by atoms with Crippen molar-refractivity contribution in [3.63, 3.8) is 0 Å². The molecule has 3 heterocycles. The molecule has 6 nitrogen and oxygen atoms in total. The van der Waals surface area contributed by atoms with E-state index in [1.807, 2.05) is 16.8 Å². The van der Waals surface area contributed by atoms with E-state index in [1.54, 1.807) is 12.4 Å². The lowest BCUT2D eigenvalue weighted by Gasteiger charge is -2.22. The van der Waals surface area contributed by atoms with E-state index >= 15 is 0 Å². The molecule has 2 fully saturated rings. The molecule has 0 radical (unpaired) electrons. The summed E-state index contributed by atoms with van der Waals surface area (Å²) in [6.45, 7) is 3.29. The van der Waals surface area contributed by atoms with Gasteiger partial charge in [0.2, 0.25) is 0 Å². The van der Waals surface area contributed by atoms with Crippen LogP contribution in [0.2, 0.25) is 0 Å². The second kappa shape index (κ2) is 6.39. The molecule has 0 N–H and O–H groups in total. The Hall–Kier alpha value is -1.69. The molecule has 114 valence electrons. The van der Waals surface area contributed by atoms with E-state index in [9.17, 15) is 4.79 Å². The number of carbonyl (C=O) groups is 1. The Labute approximate surface area is 125 Å². The number of rotatable bonds is 4. The zero-order chi connectivity index (χ0) is 14.7. The topological polar surface area (TPSA) is 58.6 Å². The van der Waals surface area contributed by atoms with Crippen molar-refractivity contribution in [2.75, 3.05) is 38.2 Å². The van der Waals surface area contributed by atoms with Gasteiger partial charge in [0.05, 0.1) is 18.5 Å². The van der Waals surface area contributed by atoms with Crippen molar-refractivity contribution in [3.8, 4) is 0 Å². The number of hydrogen-bond donors (Lipinski definition) is 0. The van der Waals surface area contributed by atoms with Crippen LogP contribution < -0.4 is 4.90 Å². The van der Waals surface area contributed by atoms with E-state index in [0.717, 1.165) is 57.7 Å². The highest BCUT2D eigenvalue weighted by Gasteiger charge is 2.22. The van der Waals surface area contributed by atoms with Gasteiger partial charge in [0.1, 0.15) is 11.5 Å². The van der Waals surface area contributed by atoms with Crippen molar-refractivity contribution in [3.05, 3.63) is 18.1 Å². The largest absolute Gasteiger partial charge is 0.376 e. The highest BCUT2D eigenvalue weighted by Crippen LogP contribution is 2.17. The SMILES string of the molecule is CN(C[C@H]1CCCO1)c1cncc(C(=O)N2CCCC2)n1. The maximum absolute atomic E-state index is 12.3. The lowest BCUT2D eigenvalue weighted by molar-refractivity contribution is 0.0786. The van der Waals surface area contributed by atoms with Crippen LogP contribution in [0.4, 0.5) is 5.82 Å². The molecule has 0 unspecified atom stereocenters. The van der Waals surface area contributed by atoms with E-state index in [1.165, 1.54) is 0 Å². The van der Waals surface area contributed by atoms with Crippen LogP contribution in [0, 0.1) is 0 Å². The zero-order valence-electron chi connectivity index (χ0n) is 12.5. The number of anilines is 1. The Balaban J connectivity index is 1.68. The molecule has 1 amide bonds. The molecule has 3 rings (SSSR count). The summed E-state index contributed by atoms with van der Waals surface area (Å²) in [4.78, 5) is 24.9. The lowest BCUT2D eigenvalue weighted by Crippen LogP contribution is -2.31. The third-order valence-corrected chi connectivity index (χ3v) is 4.13. The van der Waals surface area contributed by atoms with Crippen molar-refractivity contribution in [1.29, 1.82) is 0 Å². The van der Waals surface area contributed by atoms with E-state index in [4.69, 9.17) is 4.74 Å². The molecule has 21 heavy (non-hydrogen) atoms. The minimum absolute atomic E-state index is 0.00707. The molecule has 1 atom stereocenters. The maximum Gasteiger partial charge on any atom is 0.274 e. The Bertz CT molecular complexity index is 496. The highest BCUT2D eigenvalue weighted by molar-refractivity contribution is 5.92. The molecule has 1 aromatic rings. The molecule has 2 aliphatic rings. The summed E-state index contributed by atoms with van der Waals surface area (Å²) < 4.78 is 5.64. The van der Waals surface area contributed by atoms with Crippen molar-refractivity contribution in [1.82, 2.24) is 14.9 Å². The summed E-state index contributed by atoms with van der Waals surface area (Å²) in [7, 11) is 1.97. The minimum atomic E-state index is -0.00707. The fraction of sp³-hybridized carbons (Fsp3) is 0.667. The van der Waals surface area contributed by atoms with Crippen LogP contribution in [0.25, 0.3) is 0 Å². The Morgan fingerprint density at radius 1 is 1.38 bits per heavy atom. The second-order valence-corrected chi connectivity index (χ2v) is 5.78. The summed E-state index contributed by atoms with van der Waals surface area (Å²) in [6.07, 6.45) is 7.90. The van der Waals surface area contributed by atoms with Gasteiger partial charge in [-0.15, -0.1) is 0 Å². The van der Waals surface area contributed by atoms with Gasteiger partial charge < -0.3 is 14.5 Å². The number of likely N-dealkylation sites (tertiary alicyclic amines) is 1. The number of hydrogen-bond acceptors (Lipinski definition) is 5. The fourth-order valence-electron chi connectivity index (χ4n) is 2.91. The average molecular weight is 290 g/mol. The summed E-state index contributed by atoms with van der Waals surface area (Å²) in [5, 5.41) is 0. The van der Waals surface area contributed by atoms with Gasteiger partial charge in [-0.25, -0.2) is 4.98 Å². The van der Waals surface area contributed by atoms with Gasteiger partial charge in [0.15, 0.2) is 0 Å². The minimum Gasteiger partial charge on any atom is -0.376 e. The second-order valence-electron chi connectivity index (χ2n) is 5.78. The summed E-state index contributed by atoms with van der Waals surface area (Å²) in [6, 6.07) is 0. The van der Waals surface area contributed by atoms with Gasteiger partial charge in [-0.1, -0.05) is 0 Å². The molecule has 0 aromatic carbocycles. The van der Waals surface area contributed by atoms with Crippen LogP contribution in [0.1, 0.15) is 36.2 Å². The number of aromatic nitrogens is 2. The maximum atomic E-state index is 12.3. The fourth-order valence-corrected chi connectivity index (χ4v) is 2.91. The van der Waals surface area contributed by atoms with Crippen LogP contribution in [0.3, 0.4) is 0 Å². The average Bonchev–Trinajstić information content (AvgIpc) is 3.20. The first-order valence-corrected chi connectivity index (χ1v) is 7.68. The van der Waals surface area contributed by atoms with Gasteiger partial charge in [0.25, 0.3) is 5.91 Å². The third-order valence-electron chi connectivity index (χ3n) is 4.13. The summed E-state index contributed by atoms with van der Waals surface area (Å²) in [5.41, 5.74) is 0.439. The lowest BCUT2D eigenvalue weighted by atomic mass is 10.2. The Morgan fingerprint density at radius 3 is 2.90 bits per heavy atom. The van der Waals surface area contributed by atoms with Gasteiger partial charge in [0, 0.05) is 33.3 Å². The van der Waals surface area contributed by atoms with Crippen molar-refractivity contribution in [2.45, 2.75) is 31.8 Å². The quantitative estimate of drug-likeness (QED) is 0.837. The predicted molar refractivity (Wildman–Crippen MR) is 79.4 cm³/mol. The number of amides is 1. The number of nitrogens with zero attached hydrogens (tertiary/aromatic N) is 4. The van der Waals surface area contributed by atoms with Crippen LogP contribution in [0.5, 0.6) is 0 Å². The summed E-state index contributed by atoms with van der Waals surface area (Å²) >= 11 is 0. The van der Waals surface area contributed by atoms with Crippen LogP contribution >= 0.6 is 0 Å². The molecular formula is C15H22N4O2. The van der Waals surface area contributed by atoms with Crippen molar-refractivity contribution >= 4 is 11.7 Å².